The van der Waals surface area contributed by atoms with E-state index in [9.17, 15) is 14.4 Å². The fourth-order valence-corrected chi connectivity index (χ4v) is 7.57. The van der Waals surface area contributed by atoms with Crippen LogP contribution in [0.25, 0.3) is 32.2 Å². The number of benzene rings is 3. The molecule has 0 aliphatic carbocycles. The number of fused-ring (bicyclic) bond motifs is 3. The molecule has 3 aromatic carbocycles. The number of primary amides is 1. The standard InChI is InChI=1S/C38H39N9O5S/c1-6-47-28(16-22(3)44-47)35(49)42-37-41-26-17-23(34(39)48)12-13-27(26)45(37)14-7-8-15-46-33-21(2)10-9-11-25(33)40-38(46)43-36(50)32-19-24-18-29(51-4)30(52-5)20-31(24)53-32/h9-13,16-20H,6-8,14-15H2,1-5H3,(H2,39,48)(H,40,43,50)(H,41,42,49). The molecule has 4 N–H and O–H groups in total. The van der Waals surface area contributed by atoms with Crippen LogP contribution in [0.1, 0.15) is 61.5 Å². The molecule has 0 saturated heterocycles. The predicted molar refractivity (Wildman–Crippen MR) is 205 cm³/mol. The van der Waals surface area contributed by atoms with Gasteiger partial charge in [0.25, 0.3) is 11.8 Å². The normalized spacial score (nSPS) is 11.4. The number of amides is 3. The van der Waals surface area contributed by atoms with Crippen molar-refractivity contribution in [2.75, 3.05) is 24.9 Å². The molecular formula is C38H39N9O5S. The zero-order valence-corrected chi connectivity index (χ0v) is 30.8. The highest BCUT2D eigenvalue weighted by molar-refractivity contribution is 7.21. The Hall–Kier alpha value is -6.22. The lowest BCUT2D eigenvalue weighted by Gasteiger charge is -2.13. The lowest BCUT2D eigenvalue weighted by Crippen LogP contribution is -2.20. The van der Waals surface area contributed by atoms with Crippen molar-refractivity contribution in [2.24, 2.45) is 5.73 Å². The number of thiophene rings is 1. The average molecular weight is 734 g/mol. The van der Waals surface area contributed by atoms with Gasteiger partial charge in [-0.25, -0.2) is 9.97 Å². The summed E-state index contributed by atoms with van der Waals surface area (Å²) < 4.78 is 17.4. The number of hydrogen-bond donors (Lipinski definition) is 3. The van der Waals surface area contributed by atoms with Crippen LogP contribution in [-0.2, 0) is 19.6 Å². The predicted octanol–water partition coefficient (Wildman–Crippen LogP) is 6.54. The Morgan fingerprint density at radius 3 is 2.26 bits per heavy atom. The second-order valence-corrected chi connectivity index (χ2v) is 13.7. The van der Waals surface area contributed by atoms with Crippen molar-refractivity contribution in [3.63, 3.8) is 0 Å². The number of nitrogens with zero attached hydrogens (tertiary/aromatic N) is 6. The van der Waals surface area contributed by atoms with Crippen LogP contribution in [0.5, 0.6) is 11.5 Å². The number of methoxy groups -OCH3 is 2. The highest BCUT2D eigenvalue weighted by atomic mass is 32.1. The van der Waals surface area contributed by atoms with Crippen LogP contribution in [-0.4, -0.2) is 60.8 Å². The van der Waals surface area contributed by atoms with Gasteiger partial charge in [0.05, 0.1) is 46.9 Å². The van der Waals surface area contributed by atoms with Crippen molar-refractivity contribution in [3.05, 3.63) is 88.1 Å². The van der Waals surface area contributed by atoms with E-state index in [0.29, 0.717) is 77.5 Å². The number of rotatable bonds is 13. The Balaban J connectivity index is 1.13. The van der Waals surface area contributed by atoms with Crippen molar-refractivity contribution in [3.8, 4) is 11.5 Å². The molecule has 14 nitrogen and oxygen atoms in total. The Kier molecular flexibility index (Phi) is 9.58. The summed E-state index contributed by atoms with van der Waals surface area (Å²) in [6.45, 7) is 7.39. The molecule has 53 heavy (non-hydrogen) atoms. The van der Waals surface area contributed by atoms with E-state index in [1.807, 2.05) is 66.3 Å². The van der Waals surface area contributed by atoms with Gasteiger partial charge in [-0.05, 0) is 87.0 Å². The van der Waals surface area contributed by atoms with Crippen molar-refractivity contribution in [2.45, 2.75) is 53.2 Å². The second kappa shape index (κ2) is 14.4. The SMILES string of the molecule is CCn1nc(C)cc1C(=O)Nc1nc2cc(C(N)=O)ccc2n1CCCCn1c(NC(=O)c2cc3cc(OC)c(OC)cc3s2)nc2cccc(C)c21. The summed E-state index contributed by atoms with van der Waals surface area (Å²) in [5.74, 6) is 0.829. The third kappa shape index (κ3) is 6.78. The fraction of sp³-hybridized carbons (Fsp3) is 0.263. The molecule has 0 radical (unpaired) electrons. The number of nitrogens with one attached hydrogen (secondary N) is 2. The van der Waals surface area contributed by atoms with Gasteiger partial charge in [-0.2, -0.15) is 5.10 Å². The summed E-state index contributed by atoms with van der Waals surface area (Å²) in [6, 6.07) is 18.3. The molecule has 7 rings (SSSR count). The van der Waals surface area contributed by atoms with Crippen molar-refractivity contribution in [1.82, 2.24) is 28.9 Å². The molecule has 0 atom stereocenters. The van der Waals surface area contributed by atoms with Gasteiger partial charge in [0.15, 0.2) is 11.5 Å². The van der Waals surface area contributed by atoms with Crippen LogP contribution < -0.4 is 25.8 Å². The van der Waals surface area contributed by atoms with Crippen LogP contribution in [0.2, 0.25) is 0 Å². The first-order chi connectivity index (χ1) is 25.6. The molecule has 0 aliphatic heterocycles. The molecule has 15 heteroatoms. The Morgan fingerprint density at radius 1 is 0.830 bits per heavy atom. The van der Waals surface area contributed by atoms with E-state index in [4.69, 9.17) is 25.2 Å². The van der Waals surface area contributed by atoms with E-state index >= 15 is 0 Å². The van der Waals surface area contributed by atoms with Gasteiger partial charge in [0.1, 0.15) is 5.69 Å². The molecule has 7 aromatic rings. The number of aryl methyl sites for hydroxylation is 5. The number of aromatic nitrogens is 6. The maximum absolute atomic E-state index is 13.7. The lowest BCUT2D eigenvalue weighted by molar-refractivity contribution is 0.0995. The van der Waals surface area contributed by atoms with Crippen LogP contribution >= 0.6 is 11.3 Å². The third-order valence-electron chi connectivity index (χ3n) is 9.15. The van der Waals surface area contributed by atoms with Crippen molar-refractivity contribution < 1.29 is 23.9 Å². The van der Waals surface area contributed by atoms with Crippen LogP contribution in [0.3, 0.4) is 0 Å². The number of para-hydroxylation sites is 1. The number of carbonyl (C=O) groups excluding carboxylic acids is 3. The third-order valence-corrected chi connectivity index (χ3v) is 10.2. The summed E-state index contributed by atoms with van der Waals surface area (Å²) in [7, 11) is 3.16. The summed E-state index contributed by atoms with van der Waals surface area (Å²) in [5, 5.41) is 11.3. The van der Waals surface area contributed by atoms with Crippen LogP contribution in [0.4, 0.5) is 11.9 Å². The van der Waals surface area contributed by atoms with Gasteiger partial charge in [0, 0.05) is 36.0 Å². The quantitative estimate of drug-likeness (QED) is 0.112. The first-order valence-electron chi connectivity index (χ1n) is 17.2. The Labute approximate surface area is 308 Å². The molecule has 272 valence electrons. The minimum atomic E-state index is -0.562. The Morgan fingerprint density at radius 2 is 1.53 bits per heavy atom. The summed E-state index contributed by atoms with van der Waals surface area (Å²) >= 11 is 1.37. The van der Waals surface area contributed by atoms with E-state index in [-0.39, 0.29) is 11.8 Å². The number of ether oxygens (including phenoxy) is 2. The lowest BCUT2D eigenvalue weighted by atomic mass is 10.2. The number of anilines is 2. The number of nitrogens with two attached hydrogens (primary N) is 1. The topological polar surface area (TPSA) is 173 Å². The zero-order valence-electron chi connectivity index (χ0n) is 30.0. The van der Waals surface area contributed by atoms with E-state index in [2.05, 4.69) is 15.7 Å². The minimum Gasteiger partial charge on any atom is -0.493 e. The first-order valence-corrected chi connectivity index (χ1v) is 18.0. The molecule has 3 amide bonds. The number of unbranched alkanes of at least 4 members (excludes halogenated alkanes) is 1. The van der Waals surface area contributed by atoms with E-state index in [1.54, 1.807) is 43.2 Å². The Bertz CT molecular complexity index is 2500. The monoisotopic (exact) mass is 733 g/mol. The first kappa shape index (κ1) is 35.2. The summed E-state index contributed by atoms with van der Waals surface area (Å²) in [4.78, 5) is 49.1. The second-order valence-electron chi connectivity index (χ2n) is 12.6. The molecule has 4 aromatic heterocycles. The van der Waals surface area contributed by atoms with Gasteiger partial charge in [-0.3, -0.25) is 29.7 Å². The molecule has 4 heterocycles. The molecule has 0 unspecified atom stereocenters. The number of hydrogen-bond acceptors (Lipinski definition) is 9. The van der Waals surface area contributed by atoms with Gasteiger partial charge in [-0.15, -0.1) is 11.3 Å². The molecule has 0 spiro atoms. The fourth-order valence-electron chi connectivity index (χ4n) is 6.60. The molecule has 0 bridgehead atoms. The van der Waals surface area contributed by atoms with Crippen molar-refractivity contribution >= 4 is 73.1 Å². The van der Waals surface area contributed by atoms with Gasteiger partial charge in [-0.1, -0.05) is 12.1 Å². The van der Waals surface area contributed by atoms with E-state index in [1.165, 1.54) is 11.3 Å². The van der Waals surface area contributed by atoms with Crippen LogP contribution in [0, 0.1) is 13.8 Å². The average Bonchev–Trinajstić information content (AvgIpc) is 3.91. The molecule has 0 saturated carbocycles. The maximum Gasteiger partial charge on any atom is 0.276 e. The highest BCUT2D eigenvalue weighted by Gasteiger charge is 2.21. The molecular weight excluding hydrogens is 695 g/mol. The summed E-state index contributed by atoms with van der Waals surface area (Å²) in [6.07, 6.45) is 1.40. The smallest absolute Gasteiger partial charge is 0.276 e. The van der Waals surface area contributed by atoms with Gasteiger partial charge < -0.3 is 24.3 Å². The molecule has 0 fully saturated rings. The van der Waals surface area contributed by atoms with E-state index in [0.717, 1.165) is 37.9 Å². The maximum atomic E-state index is 13.7. The van der Waals surface area contributed by atoms with Gasteiger partial charge in [0.2, 0.25) is 17.8 Å². The van der Waals surface area contributed by atoms with E-state index < -0.39 is 5.91 Å². The van der Waals surface area contributed by atoms with Crippen molar-refractivity contribution in [1.29, 1.82) is 0 Å². The number of imidazole rings is 2. The minimum absolute atomic E-state index is 0.265. The van der Waals surface area contributed by atoms with Gasteiger partial charge >= 0.3 is 0 Å². The number of carbonyl (C=O) groups is 3. The zero-order chi connectivity index (χ0) is 37.4. The molecule has 0 aliphatic rings. The highest BCUT2D eigenvalue weighted by Crippen LogP contribution is 2.37. The summed E-state index contributed by atoms with van der Waals surface area (Å²) in [5.41, 5.74) is 11.1. The largest absolute Gasteiger partial charge is 0.493 e. The van der Waals surface area contributed by atoms with Crippen LogP contribution in [0.15, 0.2) is 60.7 Å².